The van der Waals surface area contributed by atoms with Crippen molar-refractivity contribution in [2.75, 3.05) is 18.4 Å². The van der Waals surface area contributed by atoms with Crippen molar-refractivity contribution >= 4 is 27.6 Å². The van der Waals surface area contributed by atoms with E-state index in [1.165, 1.54) is 12.1 Å². The minimum atomic E-state index is -0.569. The number of amides is 2. The monoisotopic (exact) mass is 401 g/mol. The molecule has 0 atom stereocenters. The van der Waals surface area contributed by atoms with E-state index >= 15 is 0 Å². The van der Waals surface area contributed by atoms with E-state index in [0.717, 1.165) is 5.56 Å². The van der Waals surface area contributed by atoms with Gasteiger partial charge in [0.25, 0.3) is 0 Å². The second-order valence-corrected chi connectivity index (χ2v) is 7.02. The van der Waals surface area contributed by atoms with Gasteiger partial charge in [0, 0.05) is 17.6 Å². The van der Waals surface area contributed by atoms with Gasteiger partial charge in [-0.25, -0.2) is 9.18 Å². The van der Waals surface area contributed by atoms with Gasteiger partial charge in [-0.1, -0.05) is 46.3 Å². The lowest BCUT2D eigenvalue weighted by atomic mass is 9.74. The van der Waals surface area contributed by atoms with Crippen molar-refractivity contribution < 1.29 is 9.18 Å². The first-order valence-electron chi connectivity index (χ1n) is 8.02. The van der Waals surface area contributed by atoms with E-state index in [9.17, 15) is 14.4 Å². The molecule has 0 aliphatic carbocycles. The van der Waals surface area contributed by atoms with E-state index < -0.39 is 11.2 Å². The molecule has 1 aliphatic rings. The van der Waals surface area contributed by atoms with Gasteiger partial charge in [-0.3, -0.25) is 0 Å². The number of nitrogens with zero attached hydrogens (tertiary/aromatic N) is 2. The van der Waals surface area contributed by atoms with Gasteiger partial charge in [0.2, 0.25) is 0 Å². The van der Waals surface area contributed by atoms with Crippen molar-refractivity contribution in [1.29, 1.82) is 5.26 Å². The molecule has 0 unspecified atom stereocenters. The van der Waals surface area contributed by atoms with E-state index in [4.69, 9.17) is 0 Å². The normalized spacial score (nSPS) is 16.1. The maximum absolute atomic E-state index is 13.9. The average molecular weight is 402 g/mol. The fourth-order valence-corrected chi connectivity index (χ4v) is 3.43. The molecule has 128 valence electrons. The van der Waals surface area contributed by atoms with Crippen molar-refractivity contribution in [2.24, 2.45) is 0 Å². The number of carbonyl (C=O) groups is 1. The summed E-state index contributed by atoms with van der Waals surface area (Å²) in [5.74, 6) is -0.490. The topological polar surface area (TPSA) is 56.1 Å². The summed E-state index contributed by atoms with van der Waals surface area (Å²) in [6.45, 7) is 0.902. The van der Waals surface area contributed by atoms with Gasteiger partial charge >= 0.3 is 6.03 Å². The lowest BCUT2D eigenvalue weighted by molar-refractivity contribution is 0.183. The lowest BCUT2D eigenvalue weighted by Crippen LogP contribution is -2.46. The zero-order chi connectivity index (χ0) is 17.9. The predicted octanol–water partition coefficient (Wildman–Crippen LogP) is 4.68. The van der Waals surface area contributed by atoms with Crippen LogP contribution >= 0.6 is 15.9 Å². The molecule has 6 heteroatoms. The van der Waals surface area contributed by atoms with E-state index in [0.29, 0.717) is 30.4 Å². The van der Waals surface area contributed by atoms with Crippen LogP contribution < -0.4 is 5.32 Å². The summed E-state index contributed by atoms with van der Waals surface area (Å²) in [6, 6.07) is 16.3. The van der Waals surface area contributed by atoms with Gasteiger partial charge in [-0.15, -0.1) is 0 Å². The van der Waals surface area contributed by atoms with Crippen LogP contribution in [0.3, 0.4) is 0 Å². The van der Waals surface area contributed by atoms with Crippen LogP contribution in [0.1, 0.15) is 18.4 Å². The quantitative estimate of drug-likeness (QED) is 0.793. The van der Waals surface area contributed by atoms with Gasteiger partial charge in [-0.2, -0.15) is 5.26 Å². The van der Waals surface area contributed by atoms with Crippen LogP contribution in [0.15, 0.2) is 53.0 Å². The van der Waals surface area contributed by atoms with Crippen LogP contribution in [-0.2, 0) is 5.41 Å². The summed E-state index contributed by atoms with van der Waals surface area (Å²) in [7, 11) is 0. The average Bonchev–Trinajstić information content (AvgIpc) is 2.65. The molecule has 2 aromatic carbocycles. The second kappa shape index (κ2) is 7.24. The Labute approximate surface area is 154 Å². The maximum Gasteiger partial charge on any atom is 0.321 e. The fourth-order valence-electron chi connectivity index (χ4n) is 3.10. The van der Waals surface area contributed by atoms with Crippen molar-refractivity contribution in [1.82, 2.24) is 4.90 Å². The van der Waals surface area contributed by atoms with Crippen LogP contribution in [0.4, 0.5) is 14.9 Å². The van der Waals surface area contributed by atoms with Crippen LogP contribution in [0.5, 0.6) is 0 Å². The molecule has 2 amide bonds. The number of benzene rings is 2. The molecule has 0 radical (unpaired) electrons. The summed E-state index contributed by atoms with van der Waals surface area (Å²) in [6.07, 6.45) is 1.12. The maximum atomic E-state index is 13.9. The zero-order valence-electron chi connectivity index (χ0n) is 13.5. The van der Waals surface area contributed by atoms with Gasteiger partial charge in [0.15, 0.2) is 0 Å². The third-order valence-corrected chi connectivity index (χ3v) is 5.11. The third kappa shape index (κ3) is 3.67. The highest BCUT2D eigenvalue weighted by molar-refractivity contribution is 9.10. The molecule has 1 fully saturated rings. The Kier molecular flexibility index (Phi) is 5.05. The highest BCUT2D eigenvalue weighted by Gasteiger charge is 2.37. The van der Waals surface area contributed by atoms with Crippen LogP contribution in [0, 0.1) is 17.1 Å². The number of hydrogen-bond acceptors (Lipinski definition) is 2. The predicted molar refractivity (Wildman–Crippen MR) is 97.7 cm³/mol. The van der Waals surface area contributed by atoms with E-state index in [1.54, 1.807) is 11.0 Å². The van der Waals surface area contributed by atoms with Crippen LogP contribution in [0.25, 0.3) is 0 Å². The van der Waals surface area contributed by atoms with E-state index in [-0.39, 0.29) is 11.7 Å². The Hall–Kier alpha value is -2.39. The first-order chi connectivity index (χ1) is 12.0. The Bertz CT molecular complexity index is 811. The summed E-state index contributed by atoms with van der Waals surface area (Å²) >= 11 is 3.19. The minimum Gasteiger partial charge on any atom is -0.324 e. The second-order valence-electron chi connectivity index (χ2n) is 6.10. The molecule has 0 saturated carbocycles. The molecule has 0 spiro atoms. The molecule has 25 heavy (non-hydrogen) atoms. The Morgan fingerprint density at radius 3 is 2.48 bits per heavy atom. The summed E-state index contributed by atoms with van der Waals surface area (Å²) in [5, 5.41) is 12.3. The molecular formula is C19H17BrFN3O. The first-order valence-corrected chi connectivity index (χ1v) is 8.81. The van der Waals surface area contributed by atoms with Crippen LogP contribution in [-0.4, -0.2) is 24.0 Å². The number of hydrogen-bond donors (Lipinski definition) is 1. The number of likely N-dealkylation sites (tertiary alicyclic amines) is 1. The number of rotatable bonds is 2. The molecule has 3 rings (SSSR count). The fraction of sp³-hybridized carbons (Fsp3) is 0.263. The van der Waals surface area contributed by atoms with E-state index in [2.05, 4.69) is 27.3 Å². The number of anilines is 1. The van der Waals surface area contributed by atoms with E-state index in [1.807, 2.05) is 30.3 Å². The number of urea groups is 1. The molecule has 1 heterocycles. The molecule has 0 aromatic heterocycles. The Balaban J connectivity index is 1.67. The summed E-state index contributed by atoms with van der Waals surface area (Å²) in [5.41, 5.74) is 0.561. The van der Waals surface area contributed by atoms with Gasteiger partial charge in [-0.05, 0) is 36.6 Å². The first kappa shape index (κ1) is 17.4. The Morgan fingerprint density at radius 2 is 1.88 bits per heavy atom. The lowest BCUT2D eigenvalue weighted by Gasteiger charge is -2.37. The van der Waals surface area contributed by atoms with Crippen molar-refractivity contribution in [3.8, 4) is 6.07 Å². The molecule has 1 N–H and O–H groups in total. The van der Waals surface area contributed by atoms with Gasteiger partial charge in [0.05, 0.1) is 17.2 Å². The highest BCUT2D eigenvalue weighted by atomic mass is 79.9. The van der Waals surface area contributed by atoms with Gasteiger partial charge < -0.3 is 10.2 Å². The number of carbonyl (C=O) groups excluding carboxylic acids is 1. The molecule has 1 saturated heterocycles. The van der Waals surface area contributed by atoms with Gasteiger partial charge in [0.1, 0.15) is 5.82 Å². The SMILES string of the molecule is N#CC1(c2ccccc2)CCN(C(=O)Nc2ccc(Br)cc2F)CC1. The van der Waals surface area contributed by atoms with Crippen molar-refractivity contribution in [3.63, 3.8) is 0 Å². The molecule has 2 aromatic rings. The Morgan fingerprint density at radius 1 is 1.20 bits per heavy atom. The number of nitriles is 1. The molecular weight excluding hydrogens is 385 g/mol. The standard InChI is InChI=1S/C19H17BrFN3O/c20-15-6-7-17(16(21)12-15)23-18(25)24-10-8-19(13-22,9-11-24)14-4-2-1-3-5-14/h1-7,12H,8-11H2,(H,23,25). The number of piperidine rings is 1. The van der Waals surface area contributed by atoms with Crippen molar-refractivity contribution in [2.45, 2.75) is 18.3 Å². The van der Waals surface area contributed by atoms with Crippen LogP contribution in [0.2, 0.25) is 0 Å². The highest BCUT2D eigenvalue weighted by Crippen LogP contribution is 2.35. The minimum absolute atomic E-state index is 0.147. The van der Waals surface area contributed by atoms with Crippen molar-refractivity contribution in [3.05, 3.63) is 64.4 Å². The zero-order valence-corrected chi connectivity index (χ0v) is 15.1. The smallest absolute Gasteiger partial charge is 0.321 e. The third-order valence-electron chi connectivity index (χ3n) is 4.62. The number of nitrogens with one attached hydrogen (secondary N) is 1. The number of halogens is 2. The molecule has 0 bridgehead atoms. The molecule has 4 nitrogen and oxygen atoms in total. The summed E-state index contributed by atoms with van der Waals surface area (Å²) < 4.78 is 14.5. The largest absolute Gasteiger partial charge is 0.324 e. The molecule has 1 aliphatic heterocycles. The summed E-state index contributed by atoms with van der Waals surface area (Å²) in [4.78, 5) is 14.0.